The van der Waals surface area contributed by atoms with E-state index in [1.54, 1.807) is 0 Å². The maximum atomic E-state index is 2.46. The Balaban J connectivity index is 1.06. The molecule has 0 aliphatic carbocycles. The van der Waals surface area contributed by atoms with Crippen molar-refractivity contribution < 1.29 is 0 Å². The summed E-state index contributed by atoms with van der Waals surface area (Å²) in [5.41, 5.74) is 9.18. The highest BCUT2D eigenvalue weighted by atomic mass is 15.1. The standard InChI is InChI=1S/C62H38N2/c1-2-12-44-35-45(29-25-39(44)11-1)40-31-33-47(34-32-40)63(48-16-10-17-49(37-48)64-57-23-5-3-18-51(57)52-19-4-6-24-58(52)64)50-36-46-30-28-43-14-8-21-54-53-20-7-13-41-26-27-42-15-9-22-55(61(42)59(41)53)56(38-50)62(46)60(43)54/h1-38H. The maximum absolute atomic E-state index is 2.46. The third-order valence-corrected chi connectivity index (χ3v) is 13.8. The molecule has 0 aliphatic heterocycles. The molecule has 14 aromatic rings. The van der Waals surface area contributed by atoms with Crippen LogP contribution in [0, 0.1) is 0 Å². The van der Waals surface area contributed by atoms with Crippen molar-refractivity contribution in [2.75, 3.05) is 4.90 Å². The van der Waals surface area contributed by atoms with Gasteiger partial charge in [-0.05, 0) is 147 Å². The van der Waals surface area contributed by atoms with Crippen molar-refractivity contribution in [3.8, 4) is 16.8 Å². The lowest BCUT2D eigenvalue weighted by molar-refractivity contribution is 1.17. The van der Waals surface area contributed by atoms with Crippen LogP contribution < -0.4 is 4.90 Å². The molecule has 0 fully saturated rings. The third-order valence-electron chi connectivity index (χ3n) is 13.8. The lowest BCUT2D eigenvalue weighted by Crippen LogP contribution is -2.11. The molecule has 13 aromatic carbocycles. The number of anilines is 3. The van der Waals surface area contributed by atoms with Gasteiger partial charge in [0, 0.05) is 33.5 Å². The SMILES string of the molecule is c1cc(N(c2ccc(-c3ccc4ccccc4c3)cc2)c2cc3ccc4cccc5c6cccc7ccc8cccc(c(c2)c3c45)c8c76)cc(-n2c3ccccc3c3ccccc32)c1. The predicted octanol–water partition coefficient (Wildman–Crippen LogP) is 17.4. The summed E-state index contributed by atoms with van der Waals surface area (Å²) in [7, 11) is 0. The van der Waals surface area contributed by atoms with E-state index >= 15 is 0 Å². The average Bonchev–Trinajstić information content (AvgIpc) is 3.69. The Morgan fingerprint density at radius 3 is 1.39 bits per heavy atom. The minimum absolute atomic E-state index is 1.09. The van der Waals surface area contributed by atoms with Gasteiger partial charge in [0.05, 0.1) is 11.0 Å². The predicted molar refractivity (Wildman–Crippen MR) is 275 cm³/mol. The van der Waals surface area contributed by atoms with Gasteiger partial charge in [0.2, 0.25) is 0 Å². The molecule has 0 unspecified atom stereocenters. The molecule has 0 spiro atoms. The van der Waals surface area contributed by atoms with E-state index in [0.29, 0.717) is 0 Å². The van der Waals surface area contributed by atoms with Crippen molar-refractivity contribution in [2.24, 2.45) is 0 Å². The molecule has 0 N–H and O–H groups in total. The van der Waals surface area contributed by atoms with Gasteiger partial charge in [-0.3, -0.25) is 0 Å². The molecule has 0 saturated heterocycles. The topological polar surface area (TPSA) is 8.17 Å². The van der Waals surface area contributed by atoms with Gasteiger partial charge in [0.25, 0.3) is 0 Å². The molecule has 0 atom stereocenters. The lowest BCUT2D eigenvalue weighted by Gasteiger charge is -2.27. The summed E-state index contributed by atoms with van der Waals surface area (Å²) < 4.78 is 2.42. The second-order valence-electron chi connectivity index (χ2n) is 17.3. The monoisotopic (exact) mass is 810 g/mol. The van der Waals surface area contributed by atoms with E-state index < -0.39 is 0 Å². The quantitative estimate of drug-likeness (QED) is 0.157. The Kier molecular flexibility index (Phi) is 7.43. The van der Waals surface area contributed by atoms with Crippen LogP contribution in [0.3, 0.4) is 0 Å². The van der Waals surface area contributed by atoms with Crippen LogP contribution in [0.4, 0.5) is 17.1 Å². The Morgan fingerprint density at radius 2 is 0.734 bits per heavy atom. The number of aromatic nitrogens is 1. The van der Waals surface area contributed by atoms with Crippen LogP contribution in [0.15, 0.2) is 231 Å². The molecule has 0 aliphatic rings. The Bertz CT molecular complexity index is 4130. The lowest BCUT2D eigenvalue weighted by atomic mass is 9.87. The molecule has 14 rings (SSSR count). The van der Waals surface area contributed by atoms with Gasteiger partial charge in [-0.15, -0.1) is 0 Å². The molecule has 2 heteroatoms. The second kappa shape index (κ2) is 13.5. The number of para-hydroxylation sites is 2. The molecule has 64 heavy (non-hydrogen) atoms. The highest BCUT2D eigenvalue weighted by Gasteiger charge is 2.21. The zero-order valence-corrected chi connectivity index (χ0v) is 34.8. The Hall–Kier alpha value is -8.46. The van der Waals surface area contributed by atoms with Crippen LogP contribution in [0.1, 0.15) is 0 Å². The smallest absolute Gasteiger partial charge is 0.0541 e. The number of hydrogen-bond acceptors (Lipinski definition) is 1. The fourth-order valence-electron chi connectivity index (χ4n) is 11.0. The third kappa shape index (κ3) is 5.14. The van der Waals surface area contributed by atoms with Crippen LogP contribution >= 0.6 is 0 Å². The van der Waals surface area contributed by atoms with E-state index in [2.05, 4.69) is 240 Å². The van der Waals surface area contributed by atoms with Gasteiger partial charge in [0.1, 0.15) is 0 Å². The number of hydrogen-bond donors (Lipinski definition) is 0. The van der Waals surface area contributed by atoms with E-state index in [4.69, 9.17) is 0 Å². The van der Waals surface area contributed by atoms with E-state index in [-0.39, 0.29) is 0 Å². The first-order valence-electron chi connectivity index (χ1n) is 22.2. The average molecular weight is 811 g/mol. The first-order valence-corrected chi connectivity index (χ1v) is 22.2. The summed E-state index contributed by atoms with van der Waals surface area (Å²) in [4.78, 5) is 2.46. The van der Waals surface area contributed by atoms with Crippen LogP contribution in [0.5, 0.6) is 0 Å². The molecule has 2 nitrogen and oxygen atoms in total. The molecule has 1 aromatic heterocycles. The molecule has 0 saturated carbocycles. The highest BCUT2D eigenvalue weighted by molar-refractivity contribution is 6.37. The first-order chi connectivity index (χ1) is 31.7. The largest absolute Gasteiger partial charge is 0.310 e. The normalized spacial score (nSPS) is 12.1. The van der Waals surface area contributed by atoms with Gasteiger partial charge in [0.15, 0.2) is 0 Å². The Labute approximate surface area is 369 Å². The van der Waals surface area contributed by atoms with Gasteiger partial charge in [-0.1, -0.05) is 170 Å². The fourth-order valence-corrected chi connectivity index (χ4v) is 11.0. The van der Waals surface area contributed by atoms with Crippen LogP contribution in [0.2, 0.25) is 0 Å². The van der Waals surface area contributed by atoms with Crippen molar-refractivity contribution in [3.63, 3.8) is 0 Å². The minimum Gasteiger partial charge on any atom is -0.310 e. The fraction of sp³-hybridized carbons (Fsp3) is 0. The van der Waals surface area contributed by atoms with Crippen LogP contribution in [-0.2, 0) is 0 Å². The van der Waals surface area contributed by atoms with E-state index in [1.165, 1.54) is 108 Å². The number of rotatable bonds is 5. The van der Waals surface area contributed by atoms with Crippen molar-refractivity contribution >= 4 is 114 Å². The van der Waals surface area contributed by atoms with E-state index in [1.807, 2.05) is 0 Å². The van der Waals surface area contributed by atoms with Gasteiger partial charge < -0.3 is 9.47 Å². The highest BCUT2D eigenvalue weighted by Crippen LogP contribution is 2.47. The molecule has 296 valence electrons. The summed E-state index contributed by atoms with van der Waals surface area (Å²) in [5, 5.41) is 20.3. The van der Waals surface area contributed by atoms with Crippen molar-refractivity contribution in [1.29, 1.82) is 0 Å². The van der Waals surface area contributed by atoms with Gasteiger partial charge >= 0.3 is 0 Å². The van der Waals surface area contributed by atoms with Crippen molar-refractivity contribution in [3.05, 3.63) is 231 Å². The molecule has 1 heterocycles. The van der Waals surface area contributed by atoms with E-state index in [0.717, 1.165) is 22.7 Å². The molecule has 0 bridgehead atoms. The van der Waals surface area contributed by atoms with Crippen LogP contribution in [-0.4, -0.2) is 4.57 Å². The summed E-state index contributed by atoms with van der Waals surface area (Å²) in [6, 6.07) is 85.7. The van der Waals surface area contributed by atoms with Crippen molar-refractivity contribution in [2.45, 2.75) is 0 Å². The maximum Gasteiger partial charge on any atom is 0.0541 e. The zero-order chi connectivity index (χ0) is 41.9. The molecule has 0 amide bonds. The van der Waals surface area contributed by atoms with Gasteiger partial charge in [-0.2, -0.15) is 0 Å². The molecular weight excluding hydrogens is 773 g/mol. The van der Waals surface area contributed by atoms with Gasteiger partial charge in [-0.25, -0.2) is 0 Å². The summed E-state index contributed by atoms with van der Waals surface area (Å²) in [6.07, 6.45) is 0. The minimum atomic E-state index is 1.09. The Morgan fingerprint density at radius 1 is 0.250 bits per heavy atom. The first kappa shape index (κ1) is 35.2. The summed E-state index contributed by atoms with van der Waals surface area (Å²) in [5.74, 6) is 0. The van der Waals surface area contributed by atoms with E-state index in [9.17, 15) is 0 Å². The number of nitrogens with zero attached hydrogens (tertiary/aromatic N) is 2. The molecule has 0 radical (unpaired) electrons. The number of benzene rings is 12. The second-order valence-corrected chi connectivity index (χ2v) is 17.3. The molecular formula is C62H38N2. The van der Waals surface area contributed by atoms with Crippen molar-refractivity contribution in [1.82, 2.24) is 4.57 Å². The zero-order valence-electron chi connectivity index (χ0n) is 34.8. The summed E-state index contributed by atoms with van der Waals surface area (Å²) >= 11 is 0. The summed E-state index contributed by atoms with van der Waals surface area (Å²) in [6.45, 7) is 0. The van der Waals surface area contributed by atoms with Crippen LogP contribution in [0.25, 0.3) is 114 Å². The number of fused-ring (bicyclic) bond motifs is 6.